The number of nitrogens with zero attached hydrogens (tertiary/aromatic N) is 1. The monoisotopic (exact) mass is 332 g/mol. The lowest BCUT2D eigenvalue weighted by Crippen LogP contribution is -2.38. The molecule has 18 heavy (non-hydrogen) atoms. The third-order valence-electron chi connectivity index (χ3n) is 2.80. The van der Waals surface area contributed by atoms with Crippen molar-refractivity contribution in [2.45, 2.75) is 12.5 Å². The molecular weight excluding hydrogens is 320 g/mol. The highest BCUT2D eigenvalue weighted by Crippen LogP contribution is 2.23. The van der Waals surface area contributed by atoms with Crippen molar-refractivity contribution in [3.63, 3.8) is 0 Å². The van der Waals surface area contributed by atoms with Gasteiger partial charge >= 0.3 is 6.09 Å². The molecule has 1 unspecified atom stereocenters. The number of nitrogens with one attached hydrogen (secondary N) is 1. The number of rotatable bonds is 2. The first-order chi connectivity index (χ1) is 8.60. The fraction of sp³-hybridized carbons (Fsp3) is 0.455. The summed E-state index contributed by atoms with van der Waals surface area (Å²) in [7, 11) is 1.33. The summed E-state index contributed by atoms with van der Waals surface area (Å²) in [6, 6.07) is 1.79. The zero-order valence-corrected chi connectivity index (χ0v) is 12.2. The molecule has 5 nitrogen and oxygen atoms in total. The van der Waals surface area contributed by atoms with Gasteiger partial charge in [-0.05, 0) is 28.4 Å². The van der Waals surface area contributed by atoms with Crippen molar-refractivity contribution < 1.29 is 14.3 Å². The molecule has 1 aliphatic rings. The largest absolute Gasteiger partial charge is 0.453 e. The van der Waals surface area contributed by atoms with Crippen LogP contribution >= 0.6 is 27.3 Å². The summed E-state index contributed by atoms with van der Waals surface area (Å²) in [5.74, 6) is 0.00566. The molecule has 1 aliphatic heterocycles. The van der Waals surface area contributed by atoms with E-state index in [1.165, 1.54) is 18.4 Å². The molecule has 1 aromatic heterocycles. The zero-order valence-electron chi connectivity index (χ0n) is 9.81. The standard InChI is InChI=1S/C11H13BrN2O3S/c1-17-11(16)13-8-2-3-14(5-8)10(15)7-4-9(12)18-6-7/h4,6,8H,2-3,5H2,1H3,(H,13,16). The van der Waals surface area contributed by atoms with Crippen LogP contribution in [0.3, 0.4) is 0 Å². The second kappa shape index (κ2) is 5.71. The number of hydrogen-bond acceptors (Lipinski definition) is 4. The van der Waals surface area contributed by atoms with E-state index in [1.54, 1.807) is 4.90 Å². The maximum absolute atomic E-state index is 12.1. The Morgan fingerprint density at radius 2 is 2.39 bits per heavy atom. The number of alkyl carbamates (subject to hydrolysis) is 1. The second-order valence-electron chi connectivity index (χ2n) is 4.01. The minimum absolute atomic E-state index is 0.00566. The number of methoxy groups -OCH3 is 1. The molecule has 0 bridgehead atoms. The minimum atomic E-state index is -0.451. The van der Waals surface area contributed by atoms with Gasteiger partial charge in [-0.25, -0.2) is 4.79 Å². The first kappa shape index (κ1) is 13.4. The van der Waals surface area contributed by atoms with E-state index >= 15 is 0 Å². The Labute approximate surface area is 117 Å². The van der Waals surface area contributed by atoms with Crippen LogP contribution in [0.5, 0.6) is 0 Å². The predicted octanol–water partition coefficient (Wildman–Crippen LogP) is 2.08. The predicted molar refractivity (Wildman–Crippen MR) is 71.9 cm³/mol. The third-order valence-corrected chi connectivity index (χ3v) is 4.30. The smallest absolute Gasteiger partial charge is 0.407 e. The Bertz CT molecular complexity index is 463. The van der Waals surface area contributed by atoms with E-state index in [0.717, 1.165) is 10.2 Å². The number of carbonyl (C=O) groups is 2. The molecule has 2 heterocycles. The Morgan fingerprint density at radius 1 is 1.61 bits per heavy atom. The molecule has 1 N–H and O–H groups in total. The fourth-order valence-electron chi connectivity index (χ4n) is 1.89. The zero-order chi connectivity index (χ0) is 13.1. The molecule has 1 fully saturated rings. The van der Waals surface area contributed by atoms with Crippen molar-refractivity contribution in [2.24, 2.45) is 0 Å². The van der Waals surface area contributed by atoms with Crippen molar-refractivity contribution in [3.05, 3.63) is 20.8 Å². The summed E-state index contributed by atoms with van der Waals surface area (Å²) in [6.07, 6.45) is 0.305. The van der Waals surface area contributed by atoms with Crippen LogP contribution in [-0.2, 0) is 4.74 Å². The topological polar surface area (TPSA) is 58.6 Å². The number of carbonyl (C=O) groups excluding carboxylic acids is 2. The number of hydrogen-bond donors (Lipinski definition) is 1. The number of ether oxygens (including phenoxy) is 1. The summed E-state index contributed by atoms with van der Waals surface area (Å²) in [6.45, 7) is 1.18. The number of amides is 2. The van der Waals surface area contributed by atoms with Crippen molar-refractivity contribution >= 4 is 39.3 Å². The first-order valence-corrected chi connectivity index (χ1v) is 7.15. The highest BCUT2D eigenvalue weighted by atomic mass is 79.9. The molecule has 0 saturated carbocycles. The van der Waals surface area contributed by atoms with Gasteiger partial charge in [-0.1, -0.05) is 0 Å². The fourth-order valence-corrected chi connectivity index (χ4v) is 3.02. The number of halogens is 1. The molecule has 0 spiro atoms. The normalized spacial score (nSPS) is 18.8. The van der Waals surface area contributed by atoms with Crippen LogP contribution in [0.25, 0.3) is 0 Å². The average molecular weight is 333 g/mol. The van der Waals surface area contributed by atoms with Gasteiger partial charge in [-0.2, -0.15) is 0 Å². The van der Waals surface area contributed by atoms with Gasteiger partial charge in [-0.15, -0.1) is 11.3 Å². The van der Waals surface area contributed by atoms with Crippen LogP contribution in [0.2, 0.25) is 0 Å². The molecule has 7 heteroatoms. The van der Waals surface area contributed by atoms with E-state index in [-0.39, 0.29) is 11.9 Å². The Balaban J connectivity index is 1.92. The van der Waals surface area contributed by atoms with Gasteiger partial charge in [0.1, 0.15) is 0 Å². The van der Waals surface area contributed by atoms with E-state index in [9.17, 15) is 9.59 Å². The highest BCUT2D eigenvalue weighted by Gasteiger charge is 2.28. The summed E-state index contributed by atoms with van der Waals surface area (Å²) < 4.78 is 5.48. The second-order valence-corrected chi connectivity index (χ2v) is 6.30. The molecule has 0 aliphatic carbocycles. The van der Waals surface area contributed by atoms with E-state index in [1.807, 2.05) is 11.4 Å². The van der Waals surface area contributed by atoms with E-state index < -0.39 is 6.09 Å². The maximum atomic E-state index is 12.1. The van der Waals surface area contributed by atoms with Gasteiger partial charge in [0.2, 0.25) is 0 Å². The molecule has 2 rings (SSSR count). The minimum Gasteiger partial charge on any atom is -0.453 e. The van der Waals surface area contributed by atoms with Crippen LogP contribution in [0, 0.1) is 0 Å². The van der Waals surface area contributed by atoms with Crippen LogP contribution < -0.4 is 5.32 Å². The molecule has 1 saturated heterocycles. The molecule has 1 atom stereocenters. The molecule has 0 aromatic carbocycles. The van der Waals surface area contributed by atoms with Gasteiger partial charge in [0, 0.05) is 18.5 Å². The van der Waals surface area contributed by atoms with Crippen molar-refractivity contribution in [1.29, 1.82) is 0 Å². The van der Waals surface area contributed by atoms with Crippen molar-refractivity contribution in [3.8, 4) is 0 Å². The molecule has 1 aromatic rings. The van der Waals surface area contributed by atoms with Gasteiger partial charge in [-0.3, -0.25) is 4.79 Å². The Morgan fingerprint density at radius 3 is 3.00 bits per heavy atom. The van der Waals surface area contributed by atoms with Crippen molar-refractivity contribution in [2.75, 3.05) is 20.2 Å². The molecule has 98 valence electrons. The first-order valence-electron chi connectivity index (χ1n) is 5.48. The van der Waals surface area contributed by atoms with Gasteiger partial charge in [0.15, 0.2) is 0 Å². The summed E-state index contributed by atoms with van der Waals surface area (Å²) in [5, 5.41) is 4.54. The van der Waals surface area contributed by atoms with E-state index in [0.29, 0.717) is 18.7 Å². The Kier molecular flexibility index (Phi) is 4.23. The van der Waals surface area contributed by atoms with Crippen LogP contribution in [0.15, 0.2) is 15.2 Å². The number of thiophene rings is 1. The summed E-state index contributed by atoms with van der Waals surface area (Å²) in [5.41, 5.74) is 0.686. The van der Waals surface area contributed by atoms with E-state index in [2.05, 4.69) is 26.0 Å². The highest BCUT2D eigenvalue weighted by molar-refractivity contribution is 9.11. The lowest BCUT2D eigenvalue weighted by atomic mass is 10.3. The molecule has 0 radical (unpaired) electrons. The Hall–Kier alpha value is -1.08. The van der Waals surface area contributed by atoms with Crippen LogP contribution in [0.4, 0.5) is 4.79 Å². The SMILES string of the molecule is COC(=O)NC1CCN(C(=O)c2csc(Br)c2)C1. The number of likely N-dealkylation sites (tertiary alicyclic amines) is 1. The van der Waals surface area contributed by atoms with Gasteiger partial charge < -0.3 is 15.0 Å². The third kappa shape index (κ3) is 3.02. The van der Waals surface area contributed by atoms with Gasteiger partial charge in [0.25, 0.3) is 5.91 Å². The summed E-state index contributed by atoms with van der Waals surface area (Å²) in [4.78, 5) is 25.0. The lowest BCUT2D eigenvalue weighted by Gasteiger charge is -2.16. The van der Waals surface area contributed by atoms with Crippen LogP contribution in [0.1, 0.15) is 16.8 Å². The molecular formula is C11H13BrN2O3S. The van der Waals surface area contributed by atoms with Crippen LogP contribution in [-0.4, -0.2) is 43.1 Å². The van der Waals surface area contributed by atoms with Crippen molar-refractivity contribution in [1.82, 2.24) is 10.2 Å². The quantitative estimate of drug-likeness (QED) is 0.902. The van der Waals surface area contributed by atoms with E-state index in [4.69, 9.17) is 0 Å². The average Bonchev–Trinajstić information content (AvgIpc) is 2.97. The van der Waals surface area contributed by atoms with Gasteiger partial charge in [0.05, 0.1) is 22.5 Å². The summed E-state index contributed by atoms with van der Waals surface area (Å²) >= 11 is 4.82. The maximum Gasteiger partial charge on any atom is 0.407 e. The molecule has 2 amide bonds. The lowest BCUT2D eigenvalue weighted by molar-refractivity contribution is 0.0788.